The van der Waals surface area contributed by atoms with Crippen LogP contribution in [0.4, 0.5) is 0 Å². The lowest BCUT2D eigenvalue weighted by molar-refractivity contribution is -0.133. The highest BCUT2D eigenvalue weighted by atomic mass is 35.5. The van der Waals surface area contributed by atoms with Crippen LogP contribution in [-0.4, -0.2) is 64.0 Å². The Morgan fingerprint density at radius 2 is 1.74 bits per heavy atom. The first-order valence-corrected chi connectivity index (χ1v) is 15.7. The predicted octanol–water partition coefficient (Wildman–Crippen LogP) is 6.03. The van der Waals surface area contributed by atoms with Crippen molar-refractivity contribution in [2.45, 2.75) is 31.0 Å². The van der Waals surface area contributed by atoms with Gasteiger partial charge in [-0.3, -0.25) is 19.1 Å². The van der Waals surface area contributed by atoms with Crippen molar-refractivity contribution in [1.82, 2.24) is 19.4 Å². The average Bonchev–Trinajstić information content (AvgIpc) is 3.46. The second-order valence-corrected chi connectivity index (χ2v) is 12.2. The normalized spacial score (nSPS) is 15.0. The molecule has 1 fully saturated rings. The van der Waals surface area contributed by atoms with Gasteiger partial charge in [0, 0.05) is 49.9 Å². The lowest BCUT2D eigenvalue weighted by Gasteiger charge is -2.34. The summed E-state index contributed by atoms with van der Waals surface area (Å²) >= 11 is 14.1. The van der Waals surface area contributed by atoms with E-state index in [0.717, 1.165) is 57.1 Å². The third-order valence-electron chi connectivity index (χ3n) is 7.48. The number of aromatic nitrogens is 2. The number of carbonyl (C=O) groups excluding carboxylic acids is 1. The summed E-state index contributed by atoms with van der Waals surface area (Å²) in [5.41, 5.74) is 2.18. The number of piperazine rings is 1. The number of ether oxygens (including phenoxy) is 2. The van der Waals surface area contributed by atoms with E-state index >= 15 is 0 Å². The Bertz CT molecular complexity index is 1670. The lowest BCUT2D eigenvalue weighted by atomic mass is 10.1. The van der Waals surface area contributed by atoms with Gasteiger partial charge in [0.25, 0.3) is 5.56 Å². The van der Waals surface area contributed by atoms with Crippen molar-refractivity contribution in [3.8, 4) is 17.2 Å². The molecule has 42 heavy (non-hydrogen) atoms. The lowest BCUT2D eigenvalue weighted by Crippen LogP contribution is -2.48. The van der Waals surface area contributed by atoms with E-state index in [4.69, 9.17) is 37.7 Å². The van der Waals surface area contributed by atoms with Crippen LogP contribution in [0.1, 0.15) is 24.8 Å². The Balaban J connectivity index is 1.01. The van der Waals surface area contributed by atoms with Gasteiger partial charge in [-0.1, -0.05) is 53.2 Å². The number of rotatable bonds is 9. The summed E-state index contributed by atoms with van der Waals surface area (Å²) in [7, 11) is 0. The summed E-state index contributed by atoms with van der Waals surface area (Å²) in [6.45, 7) is 4.24. The van der Waals surface area contributed by atoms with Crippen molar-refractivity contribution in [3.05, 3.63) is 86.6 Å². The maximum absolute atomic E-state index is 13.5. The SMILES string of the molecule is O=C(CCCCSc1nc2ccccc2c(=O)n1-c1ccc(Cl)cc1Cl)N1CCN(Cc2ccc3c(c2)OCO3)CC1. The van der Waals surface area contributed by atoms with Crippen LogP contribution < -0.4 is 15.0 Å². The molecule has 3 heterocycles. The molecule has 2 aliphatic rings. The van der Waals surface area contributed by atoms with Gasteiger partial charge in [0.05, 0.1) is 21.6 Å². The fraction of sp³-hybridized carbons (Fsp3) is 0.323. The van der Waals surface area contributed by atoms with Gasteiger partial charge in [-0.25, -0.2) is 4.98 Å². The number of unbranched alkanes of at least 4 members (excludes halogenated alkanes) is 1. The van der Waals surface area contributed by atoms with Gasteiger partial charge >= 0.3 is 0 Å². The molecule has 0 N–H and O–H groups in total. The first-order chi connectivity index (χ1) is 20.5. The monoisotopic (exact) mass is 624 g/mol. The van der Waals surface area contributed by atoms with Crippen LogP contribution in [0.15, 0.2) is 70.6 Å². The zero-order valence-corrected chi connectivity index (χ0v) is 25.3. The molecule has 1 aromatic heterocycles. The maximum atomic E-state index is 13.5. The number of nitrogens with zero attached hydrogens (tertiary/aromatic N) is 4. The van der Waals surface area contributed by atoms with E-state index in [-0.39, 0.29) is 18.3 Å². The molecule has 6 rings (SSSR count). The van der Waals surface area contributed by atoms with Gasteiger partial charge in [-0.05, 0) is 60.9 Å². The minimum atomic E-state index is -0.180. The van der Waals surface area contributed by atoms with Crippen LogP contribution in [0.3, 0.4) is 0 Å². The number of amides is 1. The van der Waals surface area contributed by atoms with Crippen LogP contribution in [0.5, 0.6) is 11.5 Å². The Morgan fingerprint density at radius 3 is 2.57 bits per heavy atom. The summed E-state index contributed by atoms with van der Waals surface area (Å²) in [4.78, 5) is 35.5. The summed E-state index contributed by atoms with van der Waals surface area (Å²) in [6.07, 6.45) is 2.09. The van der Waals surface area contributed by atoms with E-state index in [9.17, 15) is 9.59 Å². The Kier molecular flexibility index (Phi) is 8.90. The van der Waals surface area contributed by atoms with E-state index in [1.807, 2.05) is 35.2 Å². The highest BCUT2D eigenvalue weighted by molar-refractivity contribution is 7.99. The highest BCUT2D eigenvalue weighted by Crippen LogP contribution is 2.33. The molecule has 2 aliphatic heterocycles. The van der Waals surface area contributed by atoms with Gasteiger partial charge in [0.2, 0.25) is 12.7 Å². The van der Waals surface area contributed by atoms with Gasteiger partial charge < -0.3 is 14.4 Å². The number of para-hydroxylation sites is 1. The zero-order valence-electron chi connectivity index (χ0n) is 22.9. The Labute approximate surface area is 258 Å². The molecule has 1 saturated heterocycles. The number of thioether (sulfide) groups is 1. The smallest absolute Gasteiger partial charge is 0.266 e. The van der Waals surface area contributed by atoms with Crippen LogP contribution >= 0.6 is 35.0 Å². The molecule has 0 saturated carbocycles. The molecular weight excluding hydrogens is 595 g/mol. The summed E-state index contributed by atoms with van der Waals surface area (Å²) in [5, 5.41) is 1.96. The van der Waals surface area contributed by atoms with Crippen molar-refractivity contribution in [1.29, 1.82) is 0 Å². The highest BCUT2D eigenvalue weighted by Gasteiger charge is 2.22. The molecule has 0 unspecified atom stereocenters. The van der Waals surface area contributed by atoms with E-state index in [2.05, 4.69) is 11.0 Å². The molecule has 0 aliphatic carbocycles. The van der Waals surface area contributed by atoms with Crippen molar-refractivity contribution in [2.75, 3.05) is 38.7 Å². The zero-order chi connectivity index (χ0) is 29.1. The molecule has 0 spiro atoms. The quantitative estimate of drug-likeness (QED) is 0.128. The first-order valence-electron chi connectivity index (χ1n) is 13.9. The van der Waals surface area contributed by atoms with Crippen molar-refractivity contribution in [3.63, 3.8) is 0 Å². The molecule has 3 aromatic carbocycles. The van der Waals surface area contributed by atoms with Crippen LogP contribution in [0.25, 0.3) is 16.6 Å². The fourth-order valence-corrected chi connectivity index (χ4v) is 6.73. The van der Waals surface area contributed by atoms with Crippen molar-refractivity contribution in [2.24, 2.45) is 0 Å². The molecular formula is C31H30Cl2N4O4S. The second-order valence-electron chi connectivity index (χ2n) is 10.3. The first kappa shape index (κ1) is 28.9. The van der Waals surface area contributed by atoms with Crippen molar-refractivity contribution < 1.29 is 14.3 Å². The van der Waals surface area contributed by atoms with E-state index in [1.165, 1.54) is 17.3 Å². The molecule has 0 radical (unpaired) electrons. The standard InChI is InChI=1S/C31H30Cl2N4O4S/c32-22-9-10-26(24(33)18-22)37-30(39)23-5-1-2-6-25(23)34-31(37)42-16-4-3-7-29(38)36-14-12-35(13-15-36)19-21-8-11-27-28(17-21)41-20-40-27/h1-2,5-6,8-11,17-18H,3-4,7,12-16,19-20H2. The Morgan fingerprint density at radius 1 is 0.929 bits per heavy atom. The minimum Gasteiger partial charge on any atom is -0.454 e. The van der Waals surface area contributed by atoms with E-state index in [0.29, 0.717) is 44.0 Å². The fourth-order valence-electron chi connectivity index (χ4n) is 5.24. The summed E-state index contributed by atoms with van der Waals surface area (Å²) in [6, 6.07) is 18.4. The number of hydrogen-bond acceptors (Lipinski definition) is 7. The van der Waals surface area contributed by atoms with Gasteiger partial charge in [0.1, 0.15) is 0 Å². The number of fused-ring (bicyclic) bond motifs is 2. The number of hydrogen-bond donors (Lipinski definition) is 0. The largest absolute Gasteiger partial charge is 0.454 e. The number of carbonyl (C=O) groups is 1. The maximum Gasteiger partial charge on any atom is 0.266 e. The molecule has 11 heteroatoms. The third-order valence-corrected chi connectivity index (χ3v) is 9.04. The molecule has 218 valence electrons. The number of halogens is 2. The molecule has 0 bridgehead atoms. The molecule has 4 aromatic rings. The average molecular weight is 626 g/mol. The van der Waals surface area contributed by atoms with Crippen LogP contribution in [-0.2, 0) is 11.3 Å². The Hall–Kier alpha value is -3.24. The van der Waals surface area contributed by atoms with Gasteiger partial charge in [-0.15, -0.1) is 0 Å². The summed E-state index contributed by atoms with van der Waals surface area (Å²) < 4.78 is 12.4. The van der Waals surface area contributed by atoms with Crippen molar-refractivity contribution >= 4 is 51.8 Å². The third kappa shape index (κ3) is 6.39. The molecule has 8 nitrogen and oxygen atoms in total. The second kappa shape index (κ2) is 13.0. The van der Waals surface area contributed by atoms with E-state index in [1.54, 1.807) is 28.8 Å². The summed E-state index contributed by atoms with van der Waals surface area (Å²) in [5.74, 6) is 2.50. The molecule has 0 atom stereocenters. The van der Waals surface area contributed by atoms with Gasteiger partial charge in [0.15, 0.2) is 16.7 Å². The molecule has 1 amide bonds. The predicted molar refractivity (Wildman–Crippen MR) is 166 cm³/mol. The van der Waals surface area contributed by atoms with E-state index < -0.39 is 0 Å². The minimum absolute atomic E-state index is 0.180. The number of benzene rings is 3. The topological polar surface area (TPSA) is 76.9 Å². The van der Waals surface area contributed by atoms with Crippen LogP contribution in [0, 0.1) is 0 Å². The van der Waals surface area contributed by atoms with Crippen LogP contribution in [0.2, 0.25) is 10.0 Å². The van der Waals surface area contributed by atoms with Gasteiger partial charge in [-0.2, -0.15) is 0 Å².